The number of hydrogen-bond acceptors (Lipinski definition) is 5. The molecule has 2 amide bonds. The van der Waals surface area contributed by atoms with Crippen molar-refractivity contribution < 1.29 is 14.1 Å². The van der Waals surface area contributed by atoms with E-state index < -0.39 is 0 Å². The van der Waals surface area contributed by atoms with Crippen LogP contribution in [-0.2, 0) is 4.79 Å². The van der Waals surface area contributed by atoms with Crippen molar-refractivity contribution >= 4 is 11.8 Å². The lowest BCUT2D eigenvalue weighted by Gasteiger charge is -2.20. The Morgan fingerprint density at radius 1 is 1.12 bits per heavy atom. The molecule has 7 heteroatoms. The van der Waals surface area contributed by atoms with Gasteiger partial charge in [-0.25, -0.2) is 0 Å². The fourth-order valence-corrected chi connectivity index (χ4v) is 2.83. The SMILES string of the molecule is NC(=O)CN1CCCN(C(=O)c2cc(-c3ccccc3)no2)CC1. The summed E-state index contributed by atoms with van der Waals surface area (Å²) in [5.74, 6) is -0.291. The maximum atomic E-state index is 12.6. The van der Waals surface area contributed by atoms with Crippen LogP contribution in [0.3, 0.4) is 0 Å². The summed E-state index contributed by atoms with van der Waals surface area (Å²) in [6.07, 6.45) is 0.790. The van der Waals surface area contributed by atoms with E-state index in [0.717, 1.165) is 18.5 Å². The molecule has 126 valence electrons. The fourth-order valence-electron chi connectivity index (χ4n) is 2.83. The van der Waals surface area contributed by atoms with Crippen LogP contribution >= 0.6 is 0 Å². The number of primary amides is 1. The normalized spacial score (nSPS) is 15.9. The van der Waals surface area contributed by atoms with Crippen LogP contribution in [-0.4, -0.2) is 59.5 Å². The van der Waals surface area contributed by atoms with Gasteiger partial charge in [-0.3, -0.25) is 14.5 Å². The molecule has 2 heterocycles. The van der Waals surface area contributed by atoms with E-state index in [1.165, 1.54) is 0 Å². The molecule has 1 aromatic carbocycles. The van der Waals surface area contributed by atoms with Gasteiger partial charge in [-0.05, 0) is 6.42 Å². The van der Waals surface area contributed by atoms with Gasteiger partial charge in [0.25, 0.3) is 5.91 Å². The summed E-state index contributed by atoms with van der Waals surface area (Å²) in [5.41, 5.74) is 6.78. The molecule has 24 heavy (non-hydrogen) atoms. The predicted molar refractivity (Wildman–Crippen MR) is 88.1 cm³/mol. The first kappa shape index (κ1) is 16.2. The van der Waals surface area contributed by atoms with Gasteiger partial charge in [-0.1, -0.05) is 35.5 Å². The van der Waals surface area contributed by atoms with Gasteiger partial charge in [0.05, 0.1) is 6.54 Å². The molecular weight excluding hydrogens is 308 g/mol. The van der Waals surface area contributed by atoms with Gasteiger partial charge in [0.15, 0.2) is 0 Å². The van der Waals surface area contributed by atoms with Crippen LogP contribution in [0.15, 0.2) is 40.9 Å². The van der Waals surface area contributed by atoms with E-state index in [0.29, 0.717) is 25.3 Å². The zero-order valence-electron chi connectivity index (χ0n) is 13.4. The highest BCUT2D eigenvalue weighted by Crippen LogP contribution is 2.19. The third-order valence-corrected chi connectivity index (χ3v) is 4.05. The van der Waals surface area contributed by atoms with Crippen molar-refractivity contribution in [3.05, 3.63) is 42.2 Å². The first-order valence-electron chi connectivity index (χ1n) is 7.95. The highest BCUT2D eigenvalue weighted by atomic mass is 16.5. The molecule has 1 aliphatic rings. The maximum Gasteiger partial charge on any atom is 0.292 e. The minimum absolute atomic E-state index is 0.175. The monoisotopic (exact) mass is 328 g/mol. The molecule has 1 fully saturated rings. The lowest BCUT2D eigenvalue weighted by molar-refractivity contribution is -0.119. The van der Waals surface area contributed by atoms with Crippen molar-refractivity contribution in [1.29, 1.82) is 0 Å². The molecule has 0 atom stereocenters. The number of nitrogens with two attached hydrogens (primary N) is 1. The summed E-state index contributed by atoms with van der Waals surface area (Å²) in [7, 11) is 0. The number of carbonyl (C=O) groups is 2. The molecule has 2 N–H and O–H groups in total. The second kappa shape index (κ2) is 7.27. The van der Waals surface area contributed by atoms with Crippen LogP contribution < -0.4 is 5.73 Å². The highest BCUT2D eigenvalue weighted by molar-refractivity contribution is 5.92. The van der Waals surface area contributed by atoms with Crippen molar-refractivity contribution in [1.82, 2.24) is 15.0 Å². The van der Waals surface area contributed by atoms with E-state index in [-0.39, 0.29) is 24.1 Å². The average Bonchev–Trinajstić information content (AvgIpc) is 2.96. The first-order valence-corrected chi connectivity index (χ1v) is 7.95. The predicted octanol–water partition coefficient (Wildman–Crippen LogP) is 0.975. The number of carbonyl (C=O) groups excluding carboxylic acids is 2. The number of aromatic nitrogens is 1. The molecule has 0 aliphatic carbocycles. The molecule has 0 spiro atoms. The molecular formula is C17H20N4O3. The Kier molecular flexibility index (Phi) is 4.90. The van der Waals surface area contributed by atoms with Gasteiger partial charge >= 0.3 is 0 Å². The Morgan fingerprint density at radius 2 is 1.92 bits per heavy atom. The average molecular weight is 328 g/mol. The van der Waals surface area contributed by atoms with Crippen LogP contribution in [0.2, 0.25) is 0 Å². The van der Waals surface area contributed by atoms with Gasteiger partial charge in [-0.15, -0.1) is 0 Å². The Morgan fingerprint density at radius 3 is 2.67 bits per heavy atom. The van der Waals surface area contributed by atoms with E-state index in [4.69, 9.17) is 10.3 Å². The van der Waals surface area contributed by atoms with Gasteiger partial charge in [0.2, 0.25) is 11.7 Å². The molecule has 0 unspecified atom stereocenters. The molecule has 1 saturated heterocycles. The summed E-state index contributed by atoms with van der Waals surface area (Å²) in [5, 5.41) is 3.99. The summed E-state index contributed by atoms with van der Waals surface area (Å²) >= 11 is 0. The van der Waals surface area contributed by atoms with E-state index in [9.17, 15) is 9.59 Å². The minimum atomic E-state index is -0.350. The fraction of sp³-hybridized carbons (Fsp3) is 0.353. The van der Waals surface area contributed by atoms with Crippen LogP contribution in [0.4, 0.5) is 0 Å². The minimum Gasteiger partial charge on any atom is -0.369 e. The highest BCUT2D eigenvalue weighted by Gasteiger charge is 2.24. The Labute approximate surface area is 140 Å². The molecule has 0 saturated carbocycles. The van der Waals surface area contributed by atoms with E-state index in [2.05, 4.69) is 5.16 Å². The molecule has 1 aliphatic heterocycles. The number of rotatable bonds is 4. The van der Waals surface area contributed by atoms with E-state index >= 15 is 0 Å². The second-order valence-corrected chi connectivity index (χ2v) is 5.83. The second-order valence-electron chi connectivity index (χ2n) is 5.83. The zero-order chi connectivity index (χ0) is 16.9. The quantitative estimate of drug-likeness (QED) is 0.903. The largest absolute Gasteiger partial charge is 0.369 e. The van der Waals surface area contributed by atoms with Crippen molar-refractivity contribution in [3.8, 4) is 11.3 Å². The van der Waals surface area contributed by atoms with Crippen LogP contribution in [0, 0.1) is 0 Å². The van der Waals surface area contributed by atoms with Crippen LogP contribution in [0.5, 0.6) is 0 Å². The van der Waals surface area contributed by atoms with Crippen LogP contribution in [0.1, 0.15) is 17.0 Å². The van der Waals surface area contributed by atoms with Gasteiger partial charge in [-0.2, -0.15) is 0 Å². The lowest BCUT2D eigenvalue weighted by Crippen LogP contribution is -2.38. The maximum absolute atomic E-state index is 12.6. The zero-order valence-corrected chi connectivity index (χ0v) is 13.4. The topological polar surface area (TPSA) is 92.7 Å². The Balaban J connectivity index is 1.66. The summed E-state index contributed by atoms with van der Waals surface area (Å²) in [6, 6.07) is 11.2. The summed E-state index contributed by atoms with van der Waals surface area (Å²) < 4.78 is 5.24. The third kappa shape index (κ3) is 3.80. The van der Waals surface area contributed by atoms with Crippen molar-refractivity contribution in [2.24, 2.45) is 5.73 Å². The van der Waals surface area contributed by atoms with E-state index in [1.54, 1.807) is 11.0 Å². The van der Waals surface area contributed by atoms with Gasteiger partial charge in [0.1, 0.15) is 5.69 Å². The summed E-state index contributed by atoms with van der Waals surface area (Å²) in [6.45, 7) is 2.75. The molecule has 2 aromatic rings. The van der Waals surface area contributed by atoms with E-state index in [1.807, 2.05) is 35.2 Å². The first-order chi connectivity index (χ1) is 11.6. The standard InChI is InChI=1S/C17H20N4O3/c18-16(22)12-20-7-4-8-21(10-9-20)17(23)15-11-14(19-24-15)13-5-2-1-3-6-13/h1-3,5-6,11H,4,7-10,12H2,(H2,18,22). The molecule has 3 rings (SSSR count). The van der Waals surface area contributed by atoms with Crippen LogP contribution in [0.25, 0.3) is 11.3 Å². The lowest BCUT2D eigenvalue weighted by atomic mass is 10.1. The Hall–Kier alpha value is -2.67. The van der Waals surface area contributed by atoms with Gasteiger partial charge in [0, 0.05) is 37.8 Å². The molecule has 0 bridgehead atoms. The molecule has 7 nitrogen and oxygen atoms in total. The van der Waals surface area contributed by atoms with Crippen molar-refractivity contribution in [2.75, 3.05) is 32.7 Å². The number of hydrogen-bond donors (Lipinski definition) is 1. The summed E-state index contributed by atoms with van der Waals surface area (Å²) in [4.78, 5) is 27.3. The Bertz CT molecular complexity index is 714. The smallest absolute Gasteiger partial charge is 0.292 e. The molecule has 0 radical (unpaired) electrons. The van der Waals surface area contributed by atoms with Crippen molar-refractivity contribution in [2.45, 2.75) is 6.42 Å². The molecule has 1 aromatic heterocycles. The number of amides is 2. The third-order valence-electron chi connectivity index (χ3n) is 4.05. The number of benzene rings is 1. The van der Waals surface area contributed by atoms with Crippen molar-refractivity contribution in [3.63, 3.8) is 0 Å². The number of nitrogens with zero attached hydrogens (tertiary/aromatic N) is 3. The van der Waals surface area contributed by atoms with Gasteiger partial charge < -0.3 is 15.2 Å².